The van der Waals surface area contributed by atoms with Crippen LogP contribution in [0.3, 0.4) is 0 Å². The maximum Gasteiger partial charge on any atom is 0.262 e. The van der Waals surface area contributed by atoms with Crippen molar-refractivity contribution in [3.63, 3.8) is 0 Å². The van der Waals surface area contributed by atoms with E-state index < -0.39 is 0 Å². The molecule has 0 atom stereocenters. The Bertz CT molecular complexity index is 1610. The van der Waals surface area contributed by atoms with Crippen LogP contribution in [0.1, 0.15) is 28.8 Å². The molecule has 42 heavy (non-hydrogen) atoms. The molecule has 2 N–H and O–H groups in total. The molecule has 1 fully saturated rings. The zero-order valence-electron chi connectivity index (χ0n) is 23.4. The smallest absolute Gasteiger partial charge is 0.262 e. The third-order valence-corrected chi connectivity index (χ3v) is 7.58. The van der Waals surface area contributed by atoms with Crippen molar-refractivity contribution in [1.29, 1.82) is 0 Å². The van der Waals surface area contributed by atoms with Crippen molar-refractivity contribution >= 4 is 22.6 Å². The fraction of sp³-hybridized carbons (Fsp3) is 0.281. The standard InChI is InChI=1S/C32H34N8O2/c41-31(34-32-35-37-38-36-32)29-27-13-5-4-9-24(27)14-15-28(29)42-22-8-19-39-17-7-18-40(21-20-39)23-26-12-6-16-33-30(26)25-10-2-1-3-11-25/h1-6,9-16H,7-8,17-23H2,(H2,34,35,36,37,38,41). The van der Waals surface area contributed by atoms with E-state index in [0.29, 0.717) is 17.9 Å². The molecule has 2 aromatic heterocycles. The molecule has 1 aliphatic rings. The van der Waals surface area contributed by atoms with Crippen molar-refractivity contribution in [2.75, 3.05) is 44.6 Å². The lowest BCUT2D eigenvalue weighted by Gasteiger charge is -2.23. The Kier molecular flexibility index (Phi) is 8.73. The SMILES string of the molecule is O=C(Nc1nnn[nH]1)c1c(OCCCN2CCCN(Cc3cccnc3-c3ccccc3)CC2)ccc2ccccc12. The van der Waals surface area contributed by atoms with Gasteiger partial charge in [0.15, 0.2) is 0 Å². The van der Waals surface area contributed by atoms with Crippen molar-refractivity contribution in [3.8, 4) is 17.0 Å². The summed E-state index contributed by atoms with van der Waals surface area (Å²) in [7, 11) is 0. The Morgan fingerprint density at radius 3 is 2.62 bits per heavy atom. The second kappa shape index (κ2) is 13.3. The Morgan fingerprint density at radius 2 is 1.74 bits per heavy atom. The number of fused-ring (bicyclic) bond motifs is 1. The number of hydrogen-bond donors (Lipinski definition) is 2. The first-order valence-corrected chi connectivity index (χ1v) is 14.4. The van der Waals surface area contributed by atoms with Crippen molar-refractivity contribution in [2.45, 2.75) is 19.4 Å². The van der Waals surface area contributed by atoms with E-state index >= 15 is 0 Å². The van der Waals surface area contributed by atoms with Crippen LogP contribution in [-0.4, -0.2) is 80.6 Å². The van der Waals surface area contributed by atoms with Gasteiger partial charge in [-0.2, -0.15) is 0 Å². The topological polar surface area (TPSA) is 112 Å². The maximum atomic E-state index is 13.2. The van der Waals surface area contributed by atoms with Gasteiger partial charge in [0, 0.05) is 37.9 Å². The normalized spacial score (nSPS) is 14.5. The van der Waals surface area contributed by atoms with E-state index in [1.54, 1.807) is 0 Å². The van der Waals surface area contributed by atoms with Crippen molar-refractivity contribution in [1.82, 2.24) is 35.4 Å². The number of hydrogen-bond acceptors (Lipinski definition) is 8. The molecule has 10 heteroatoms. The van der Waals surface area contributed by atoms with Gasteiger partial charge in [-0.1, -0.05) is 71.8 Å². The van der Waals surface area contributed by atoms with Crippen LogP contribution in [0.4, 0.5) is 5.95 Å². The van der Waals surface area contributed by atoms with Gasteiger partial charge >= 0.3 is 0 Å². The molecular weight excluding hydrogens is 528 g/mol. The fourth-order valence-electron chi connectivity index (χ4n) is 5.53. The summed E-state index contributed by atoms with van der Waals surface area (Å²) in [6, 6.07) is 26.2. The molecule has 0 bridgehead atoms. The van der Waals surface area contributed by atoms with Gasteiger partial charge in [0.05, 0.1) is 17.9 Å². The number of H-pyrrole nitrogens is 1. The summed E-state index contributed by atoms with van der Waals surface area (Å²) in [5.74, 6) is 0.414. The minimum Gasteiger partial charge on any atom is -0.493 e. The van der Waals surface area contributed by atoms with Crippen LogP contribution < -0.4 is 10.1 Å². The van der Waals surface area contributed by atoms with Crippen LogP contribution in [0.25, 0.3) is 22.0 Å². The molecule has 3 aromatic carbocycles. The van der Waals surface area contributed by atoms with Crippen molar-refractivity contribution in [3.05, 3.63) is 96.2 Å². The van der Waals surface area contributed by atoms with Crippen LogP contribution in [0.15, 0.2) is 85.1 Å². The minimum atomic E-state index is -0.322. The molecular formula is C32H34N8O2. The maximum absolute atomic E-state index is 13.2. The monoisotopic (exact) mass is 562 g/mol. The fourth-order valence-corrected chi connectivity index (χ4v) is 5.53. The Hall–Kier alpha value is -4.67. The predicted molar refractivity (Wildman–Crippen MR) is 162 cm³/mol. The van der Waals surface area contributed by atoms with Gasteiger partial charge in [-0.25, -0.2) is 5.10 Å². The molecule has 6 rings (SSSR count). The molecule has 0 unspecified atom stereocenters. The third kappa shape index (κ3) is 6.62. The number of nitrogens with one attached hydrogen (secondary N) is 2. The summed E-state index contributed by atoms with van der Waals surface area (Å²) in [5, 5.41) is 17.9. The van der Waals surface area contributed by atoms with E-state index in [1.807, 2.05) is 54.7 Å². The quantitative estimate of drug-likeness (QED) is 0.237. The lowest BCUT2D eigenvalue weighted by atomic mass is 10.0. The average Bonchev–Trinajstić information content (AvgIpc) is 3.44. The lowest BCUT2D eigenvalue weighted by Crippen LogP contribution is -2.31. The second-order valence-electron chi connectivity index (χ2n) is 10.4. The highest BCUT2D eigenvalue weighted by Gasteiger charge is 2.19. The highest BCUT2D eigenvalue weighted by atomic mass is 16.5. The Balaban J connectivity index is 1.04. The van der Waals surface area contributed by atoms with Crippen LogP contribution in [0, 0.1) is 0 Å². The lowest BCUT2D eigenvalue weighted by molar-refractivity contribution is 0.102. The number of aromatic nitrogens is 5. The Labute approximate surface area is 244 Å². The molecule has 1 amide bonds. The van der Waals surface area contributed by atoms with Crippen molar-refractivity contribution < 1.29 is 9.53 Å². The summed E-state index contributed by atoms with van der Waals surface area (Å²) < 4.78 is 6.20. The number of carbonyl (C=O) groups is 1. The molecule has 1 aliphatic heterocycles. The van der Waals surface area contributed by atoms with E-state index in [2.05, 4.69) is 66.1 Å². The van der Waals surface area contributed by atoms with E-state index in [0.717, 1.165) is 74.1 Å². The average molecular weight is 563 g/mol. The minimum absolute atomic E-state index is 0.189. The predicted octanol–water partition coefficient (Wildman–Crippen LogP) is 4.64. The van der Waals surface area contributed by atoms with Gasteiger partial charge in [0.2, 0.25) is 5.95 Å². The number of tetrazole rings is 1. The first-order valence-electron chi connectivity index (χ1n) is 14.4. The van der Waals surface area contributed by atoms with Crippen LogP contribution in [0.5, 0.6) is 5.75 Å². The summed E-state index contributed by atoms with van der Waals surface area (Å²) in [5.41, 5.74) is 3.96. The second-order valence-corrected chi connectivity index (χ2v) is 10.4. The molecule has 1 saturated heterocycles. The largest absolute Gasteiger partial charge is 0.493 e. The highest BCUT2D eigenvalue weighted by Crippen LogP contribution is 2.29. The van der Waals surface area contributed by atoms with Crippen molar-refractivity contribution in [2.24, 2.45) is 0 Å². The highest BCUT2D eigenvalue weighted by molar-refractivity contribution is 6.14. The van der Waals surface area contributed by atoms with Gasteiger partial charge < -0.3 is 9.64 Å². The first-order chi connectivity index (χ1) is 20.7. The molecule has 0 spiro atoms. The summed E-state index contributed by atoms with van der Waals surface area (Å²) in [6.07, 6.45) is 3.85. The zero-order chi connectivity index (χ0) is 28.6. The van der Waals surface area contributed by atoms with Gasteiger partial charge in [0.25, 0.3) is 5.91 Å². The number of rotatable bonds is 10. The number of ether oxygens (including phenoxy) is 1. The molecule has 10 nitrogen and oxygen atoms in total. The molecule has 0 radical (unpaired) electrons. The number of anilines is 1. The summed E-state index contributed by atoms with van der Waals surface area (Å²) in [4.78, 5) is 22.9. The van der Waals surface area contributed by atoms with Crippen LogP contribution >= 0.6 is 0 Å². The Morgan fingerprint density at radius 1 is 0.905 bits per heavy atom. The van der Waals surface area contributed by atoms with Gasteiger partial charge in [-0.3, -0.25) is 20.0 Å². The molecule has 3 heterocycles. The van der Waals surface area contributed by atoms with Gasteiger partial charge in [0.1, 0.15) is 5.75 Å². The number of aromatic amines is 1. The zero-order valence-corrected chi connectivity index (χ0v) is 23.4. The van der Waals surface area contributed by atoms with E-state index in [1.165, 1.54) is 5.56 Å². The molecule has 0 aliphatic carbocycles. The molecule has 5 aromatic rings. The van der Waals surface area contributed by atoms with Crippen LogP contribution in [-0.2, 0) is 6.54 Å². The number of benzene rings is 3. The number of nitrogens with zero attached hydrogens (tertiary/aromatic N) is 6. The van der Waals surface area contributed by atoms with E-state index in [4.69, 9.17) is 9.72 Å². The summed E-state index contributed by atoms with van der Waals surface area (Å²) >= 11 is 0. The summed E-state index contributed by atoms with van der Waals surface area (Å²) in [6.45, 7) is 6.49. The van der Waals surface area contributed by atoms with Gasteiger partial charge in [-0.15, -0.1) is 0 Å². The van der Waals surface area contributed by atoms with E-state index in [-0.39, 0.29) is 11.9 Å². The van der Waals surface area contributed by atoms with Crippen LogP contribution in [0.2, 0.25) is 0 Å². The van der Waals surface area contributed by atoms with Gasteiger partial charge in [-0.05, 0) is 64.8 Å². The molecule has 214 valence electrons. The number of amides is 1. The third-order valence-electron chi connectivity index (χ3n) is 7.58. The number of pyridine rings is 1. The molecule has 0 saturated carbocycles. The first kappa shape index (κ1) is 27.5. The number of carbonyl (C=O) groups excluding carboxylic acids is 1. The van der Waals surface area contributed by atoms with E-state index in [9.17, 15) is 4.79 Å².